The van der Waals surface area contributed by atoms with Gasteiger partial charge in [-0.3, -0.25) is 4.98 Å². The number of fused-ring (bicyclic) bond motifs is 4. The topological polar surface area (TPSA) is 43.9 Å². The number of rotatable bonds is 8. The van der Waals surface area contributed by atoms with E-state index < -0.39 is 25.5 Å². The number of aryl methyl sites for hydroxylation is 2. The van der Waals surface area contributed by atoms with Crippen molar-refractivity contribution in [1.29, 1.82) is 0 Å². The number of hydrogen-bond donors (Lipinski definition) is 0. The van der Waals surface area contributed by atoms with Crippen LogP contribution in [0.2, 0.25) is 0 Å². The first-order valence-electron chi connectivity index (χ1n) is 26.2. The van der Waals surface area contributed by atoms with Crippen molar-refractivity contribution in [3.8, 4) is 50.6 Å². The second-order valence-electron chi connectivity index (χ2n) is 18.2. The second kappa shape index (κ2) is 19.2. The molecule has 7 aromatic carbocycles. The first kappa shape index (κ1) is 36.8. The Balaban J connectivity index is 0.000000224. The van der Waals surface area contributed by atoms with E-state index in [4.69, 9.17) is 20.4 Å². The Hall–Kier alpha value is -6.39. The number of furan rings is 1. The van der Waals surface area contributed by atoms with E-state index in [1.165, 1.54) is 69.5 Å². The number of hydrogen-bond acceptors (Lipinski definition) is 3. The summed E-state index contributed by atoms with van der Waals surface area (Å²) >= 11 is 0. The summed E-state index contributed by atoms with van der Waals surface area (Å²) in [4.78, 5) is 9.50. The average molecular weight is 1050 g/mol. The zero-order valence-corrected chi connectivity index (χ0v) is 40.6. The van der Waals surface area contributed by atoms with Crippen molar-refractivity contribution in [1.82, 2.24) is 14.5 Å². The van der Waals surface area contributed by atoms with Crippen LogP contribution in [0, 0.1) is 31.3 Å². The third-order valence-electron chi connectivity index (χ3n) is 11.6. The van der Waals surface area contributed by atoms with Crippen LogP contribution in [-0.4, -0.2) is 14.5 Å². The van der Waals surface area contributed by atoms with E-state index in [0.717, 1.165) is 44.4 Å². The van der Waals surface area contributed by atoms with E-state index in [-0.39, 0.29) is 48.6 Å². The molecule has 0 bridgehead atoms. The molecule has 0 fully saturated rings. The summed E-state index contributed by atoms with van der Waals surface area (Å²) in [5, 5.41) is 2.18. The predicted octanol–water partition coefficient (Wildman–Crippen LogP) is 16.7. The van der Waals surface area contributed by atoms with Gasteiger partial charge in [0.05, 0.1) is 22.4 Å². The van der Waals surface area contributed by atoms with Crippen molar-refractivity contribution in [2.45, 2.75) is 80.4 Å². The van der Waals surface area contributed by atoms with Gasteiger partial charge in [-0.25, -0.2) is 0 Å². The van der Waals surface area contributed by atoms with Crippen LogP contribution in [0.25, 0.3) is 83.6 Å². The van der Waals surface area contributed by atoms with Gasteiger partial charge in [0.25, 0.3) is 0 Å². The monoisotopic (exact) mass is 1050 g/mol. The molecule has 5 heteroatoms. The number of para-hydroxylation sites is 3. The van der Waals surface area contributed by atoms with E-state index in [1.807, 2.05) is 18.2 Å². The van der Waals surface area contributed by atoms with Gasteiger partial charge in [0.2, 0.25) is 0 Å². The molecule has 10 rings (SSSR count). The number of pyridine rings is 1. The van der Waals surface area contributed by atoms with Crippen LogP contribution in [0.4, 0.5) is 0 Å². The van der Waals surface area contributed by atoms with Gasteiger partial charge in [0.1, 0.15) is 5.58 Å². The van der Waals surface area contributed by atoms with Gasteiger partial charge in [0.15, 0.2) is 0 Å². The number of aromatic nitrogens is 3. The number of nitrogens with zero attached hydrogens (tertiary/aromatic N) is 3. The minimum Gasteiger partial charge on any atom is -0.501 e. The van der Waals surface area contributed by atoms with Gasteiger partial charge < -0.3 is 14.0 Å². The van der Waals surface area contributed by atoms with Gasteiger partial charge in [-0.2, -0.15) is 0 Å². The summed E-state index contributed by atoms with van der Waals surface area (Å²) in [6, 6.07) is 57.0. The number of imidazole rings is 1. The first-order valence-corrected chi connectivity index (χ1v) is 22.2. The molecule has 0 amide bonds. The molecule has 3 heterocycles. The van der Waals surface area contributed by atoms with Crippen LogP contribution in [0.1, 0.15) is 99.1 Å². The Morgan fingerprint density at radius 1 is 0.697 bits per heavy atom. The summed E-state index contributed by atoms with van der Waals surface area (Å²) < 4.78 is 71.4. The molecule has 10 aromatic rings. The fraction of sp³-hybridized carbons (Fsp3) is 0.213. The molecule has 0 N–H and O–H groups in total. The largest absolute Gasteiger partial charge is 0.501 e. The Morgan fingerprint density at radius 3 is 2.03 bits per heavy atom. The van der Waals surface area contributed by atoms with E-state index >= 15 is 0 Å². The van der Waals surface area contributed by atoms with Crippen molar-refractivity contribution in [2.75, 3.05) is 0 Å². The predicted molar refractivity (Wildman–Crippen MR) is 273 cm³/mol. The van der Waals surface area contributed by atoms with Crippen molar-refractivity contribution >= 4 is 33.0 Å². The van der Waals surface area contributed by atoms with Crippen molar-refractivity contribution in [2.24, 2.45) is 5.41 Å². The zero-order chi connectivity index (χ0) is 52.2. The van der Waals surface area contributed by atoms with E-state index in [0.29, 0.717) is 11.3 Å². The molecular formula is C61H57IrN3O-2. The van der Waals surface area contributed by atoms with Crippen LogP contribution in [-0.2, 0) is 26.5 Å². The molecule has 3 aromatic heterocycles. The van der Waals surface area contributed by atoms with Crippen LogP contribution in [0.15, 0.2) is 162 Å². The van der Waals surface area contributed by atoms with Gasteiger partial charge in [-0.1, -0.05) is 163 Å². The molecule has 0 aliphatic carbocycles. The van der Waals surface area contributed by atoms with Crippen molar-refractivity contribution in [3.05, 3.63) is 198 Å². The number of benzene rings is 7. The Kier molecular flexibility index (Phi) is 10.7. The summed E-state index contributed by atoms with van der Waals surface area (Å²) in [7, 11) is 0. The fourth-order valence-corrected chi connectivity index (χ4v) is 8.44. The summed E-state index contributed by atoms with van der Waals surface area (Å²) in [5.74, 6) is 1.39. The minimum atomic E-state index is -2.52. The SMILES string of the molecule is CC(C)c1cc(-c2ccc(-c3ccccc3)cc2)cc(C(C)C)c1-n1c(-c2[c-]ccc3c2oc2ccccc23)nc2ccccc21.[2H]C([2H])([2H])c1c[c-]c(-c2cc(C([2H])([2H])[2H])c(C([2H])([2H])C(C)(C)C)cn2)cc1.[Ir]. The Labute approximate surface area is 415 Å². The van der Waals surface area contributed by atoms with Crippen LogP contribution >= 0.6 is 0 Å². The van der Waals surface area contributed by atoms with E-state index in [2.05, 4.69) is 159 Å². The van der Waals surface area contributed by atoms with Crippen LogP contribution in [0.5, 0.6) is 0 Å². The molecule has 0 aliphatic heterocycles. The van der Waals surface area contributed by atoms with Gasteiger partial charge >= 0.3 is 0 Å². The molecule has 66 heavy (non-hydrogen) atoms. The van der Waals surface area contributed by atoms with Crippen molar-refractivity contribution in [3.63, 3.8) is 0 Å². The third kappa shape index (κ3) is 9.47. The smallest absolute Gasteiger partial charge is 0.120 e. The molecule has 333 valence electrons. The van der Waals surface area contributed by atoms with Gasteiger partial charge in [-0.05, 0) is 105 Å². The summed E-state index contributed by atoms with van der Waals surface area (Å²) in [5.41, 5.74) is 13.2. The maximum atomic E-state index is 8.42. The normalized spacial score (nSPS) is 14.0. The maximum absolute atomic E-state index is 8.42. The molecule has 0 saturated heterocycles. The fourth-order valence-electron chi connectivity index (χ4n) is 8.44. The second-order valence-corrected chi connectivity index (χ2v) is 18.2. The van der Waals surface area contributed by atoms with Crippen LogP contribution in [0.3, 0.4) is 0 Å². The summed E-state index contributed by atoms with van der Waals surface area (Å²) in [6.45, 7) is 9.48. The molecule has 0 saturated carbocycles. The first-order chi connectivity index (χ1) is 34.5. The molecule has 0 atom stereocenters. The zero-order valence-electron chi connectivity index (χ0n) is 46.2. The molecule has 1 radical (unpaired) electrons. The van der Waals surface area contributed by atoms with Crippen LogP contribution < -0.4 is 0 Å². The van der Waals surface area contributed by atoms with Gasteiger partial charge in [-0.15, -0.1) is 53.6 Å². The Morgan fingerprint density at radius 2 is 1.36 bits per heavy atom. The van der Waals surface area contributed by atoms with E-state index in [9.17, 15) is 0 Å². The van der Waals surface area contributed by atoms with E-state index in [1.54, 1.807) is 20.8 Å². The molecule has 0 unspecified atom stereocenters. The van der Waals surface area contributed by atoms with Crippen molar-refractivity contribution < 1.29 is 35.5 Å². The minimum absolute atomic E-state index is 0. The molecular weight excluding hydrogens is 983 g/mol. The Bertz CT molecular complexity index is 3580. The third-order valence-corrected chi connectivity index (χ3v) is 11.6. The standard InChI is InChI=1S/C43H35N2O.C18H22N.Ir/c1-27(2)36-25-32(31-23-21-30(22-24-31)29-13-6-5-7-14-29)26-37(28(3)4)41(36)45-39-19-10-9-18-38(39)44-43(45)35-17-12-16-34-33-15-8-11-20-40(33)46-42(34)35;1-13-6-8-15(9-7-13)17-10-14(2)16(12-19-17)11-18(3,4)5;/h5-16,18-28H,1-4H3;6-8,10,12H,11H2,1-5H3;/q2*-1;/i;1D3,2D3,11D2;. The molecule has 0 spiro atoms. The maximum Gasteiger partial charge on any atom is 0.120 e. The quantitative estimate of drug-likeness (QED) is 0.142. The average Bonchev–Trinajstić information content (AvgIpc) is 3.94. The molecule has 0 aliphatic rings. The summed E-state index contributed by atoms with van der Waals surface area (Å²) in [6.07, 6.45) is -0.648. The molecule has 4 nitrogen and oxygen atoms in total. The van der Waals surface area contributed by atoms with Gasteiger partial charge in [0, 0.05) is 48.3 Å².